The van der Waals surface area contributed by atoms with Crippen LogP contribution in [0.1, 0.15) is 33.3 Å². The van der Waals surface area contributed by atoms with Gasteiger partial charge in [0.1, 0.15) is 9.36 Å². The SMILES string of the molecule is CCN(CC)C(=S)/N=C(/SC(=S)N(CC)CC)c1ccccc1. The number of hydrogen-bond donors (Lipinski definition) is 0. The summed E-state index contributed by atoms with van der Waals surface area (Å²) in [6.07, 6.45) is 0. The Hall–Kier alpha value is -0.980. The third kappa shape index (κ3) is 6.20. The predicted octanol–water partition coefficient (Wildman–Crippen LogP) is 4.42. The molecular formula is C17H25N3S3. The van der Waals surface area contributed by atoms with Gasteiger partial charge >= 0.3 is 0 Å². The van der Waals surface area contributed by atoms with E-state index in [4.69, 9.17) is 29.4 Å². The molecule has 0 heterocycles. The van der Waals surface area contributed by atoms with Crippen molar-refractivity contribution in [2.75, 3.05) is 26.2 Å². The molecule has 0 atom stereocenters. The number of aliphatic imine (C=N–C) groups is 1. The molecule has 0 aromatic heterocycles. The summed E-state index contributed by atoms with van der Waals surface area (Å²) in [5.74, 6) is 0. The lowest BCUT2D eigenvalue weighted by atomic mass is 10.2. The van der Waals surface area contributed by atoms with E-state index < -0.39 is 0 Å². The van der Waals surface area contributed by atoms with Crippen LogP contribution in [0.25, 0.3) is 0 Å². The second-order valence-electron chi connectivity index (χ2n) is 4.78. The molecule has 0 bridgehead atoms. The predicted molar refractivity (Wildman–Crippen MR) is 112 cm³/mol. The average Bonchev–Trinajstić information content (AvgIpc) is 2.57. The van der Waals surface area contributed by atoms with Crippen LogP contribution in [0.3, 0.4) is 0 Å². The maximum absolute atomic E-state index is 5.58. The number of thiocarbonyl (C=S) groups is 2. The maximum atomic E-state index is 5.58. The van der Waals surface area contributed by atoms with Crippen molar-refractivity contribution >= 4 is 50.7 Å². The van der Waals surface area contributed by atoms with E-state index in [0.717, 1.165) is 41.1 Å². The van der Waals surface area contributed by atoms with Crippen molar-refractivity contribution in [1.82, 2.24) is 9.80 Å². The lowest BCUT2D eigenvalue weighted by Crippen LogP contribution is -2.30. The van der Waals surface area contributed by atoms with Crippen LogP contribution < -0.4 is 0 Å². The summed E-state index contributed by atoms with van der Waals surface area (Å²) in [5, 5.41) is 1.48. The number of hydrogen-bond acceptors (Lipinski definition) is 3. The maximum Gasteiger partial charge on any atom is 0.196 e. The van der Waals surface area contributed by atoms with Crippen molar-refractivity contribution in [1.29, 1.82) is 0 Å². The molecule has 23 heavy (non-hydrogen) atoms. The lowest BCUT2D eigenvalue weighted by molar-refractivity contribution is 0.469. The van der Waals surface area contributed by atoms with Gasteiger partial charge in [-0.25, -0.2) is 4.99 Å². The van der Waals surface area contributed by atoms with Gasteiger partial charge in [-0.05, 0) is 51.7 Å². The van der Waals surface area contributed by atoms with Gasteiger partial charge in [-0.3, -0.25) is 0 Å². The Morgan fingerprint density at radius 2 is 1.43 bits per heavy atom. The lowest BCUT2D eigenvalue weighted by Gasteiger charge is -2.22. The Bertz CT molecular complexity index is 535. The normalized spacial score (nSPS) is 11.2. The summed E-state index contributed by atoms with van der Waals surface area (Å²) < 4.78 is 0.833. The zero-order valence-corrected chi connectivity index (χ0v) is 16.7. The fourth-order valence-corrected chi connectivity index (χ4v) is 3.85. The van der Waals surface area contributed by atoms with Gasteiger partial charge in [-0.15, -0.1) is 0 Å². The quantitative estimate of drug-likeness (QED) is 0.434. The first-order valence-corrected chi connectivity index (χ1v) is 9.60. The number of thioether (sulfide) groups is 1. The third-order valence-corrected chi connectivity index (χ3v) is 5.27. The van der Waals surface area contributed by atoms with E-state index in [2.05, 4.69) is 37.5 Å². The molecule has 0 saturated heterocycles. The van der Waals surface area contributed by atoms with E-state index in [1.165, 1.54) is 11.8 Å². The minimum absolute atomic E-state index is 0.615. The van der Waals surface area contributed by atoms with Gasteiger partial charge in [0, 0.05) is 31.7 Å². The molecule has 0 unspecified atom stereocenters. The number of rotatable bonds is 5. The fourth-order valence-electron chi connectivity index (χ4n) is 2.01. The summed E-state index contributed by atoms with van der Waals surface area (Å²) in [4.78, 5) is 8.92. The highest BCUT2D eigenvalue weighted by Gasteiger charge is 2.14. The van der Waals surface area contributed by atoms with Crippen LogP contribution in [-0.4, -0.2) is 50.5 Å². The molecule has 0 fully saturated rings. The summed E-state index contributed by atoms with van der Waals surface area (Å²) >= 11 is 12.6. The minimum Gasteiger partial charge on any atom is -0.358 e. The topological polar surface area (TPSA) is 18.8 Å². The van der Waals surface area contributed by atoms with Gasteiger partial charge in [0.2, 0.25) is 0 Å². The van der Waals surface area contributed by atoms with Crippen LogP contribution in [0.4, 0.5) is 0 Å². The van der Waals surface area contributed by atoms with Gasteiger partial charge < -0.3 is 9.80 Å². The van der Waals surface area contributed by atoms with Crippen LogP contribution in [0.5, 0.6) is 0 Å². The molecule has 1 aromatic carbocycles. The molecule has 0 aliphatic carbocycles. The zero-order valence-electron chi connectivity index (χ0n) is 14.3. The molecule has 6 heteroatoms. The molecule has 126 valence electrons. The van der Waals surface area contributed by atoms with E-state index >= 15 is 0 Å². The van der Waals surface area contributed by atoms with Crippen molar-refractivity contribution < 1.29 is 0 Å². The Kier molecular flexibility index (Phi) is 9.36. The van der Waals surface area contributed by atoms with E-state index in [0.29, 0.717) is 5.11 Å². The van der Waals surface area contributed by atoms with Crippen LogP contribution >= 0.6 is 36.2 Å². The largest absolute Gasteiger partial charge is 0.358 e. The summed E-state index contributed by atoms with van der Waals surface area (Å²) in [5.41, 5.74) is 1.04. The highest BCUT2D eigenvalue weighted by atomic mass is 32.2. The van der Waals surface area contributed by atoms with E-state index in [1.54, 1.807) is 0 Å². The first-order chi connectivity index (χ1) is 11.1. The first-order valence-electron chi connectivity index (χ1n) is 7.96. The molecule has 3 nitrogen and oxygen atoms in total. The molecule has 0 aliphatic heterocycles. The Morgan fingerprint density at radius 1 is 0.913 bits per heavy atom. The second kappa shape index (κ2) is 10.7. The van der Waals surface area contributed by atoms with Crippen molar-refractivity contribution in [3.63, 3.8) is 0 Å². The molecule has 0 spiro atoms. The molecule has 1 aromatic rings. The monoisotopic (exact) mass is 367 g/mol. The Labute approximate surface area is 155 Å². The van der Waals surface area contributed by atoms with Crippen molar-refractivity contribution in [3.05, 3.63) is 35.9 Å². The van der Waals surface area contributed by atoms with Gasteiger partial charge in [-0.2, -0.15) is 0 Å². The van der Waals surface area contributed by atoms with E-state index in [9.17, 15) is 0 Å². The molecule has 0 N–H and O–H groups in total. The van der Waals surface area contributed by atoms with Crippen LogP contribution in [-0.2, 0) is 0 Å². The molecule has 0 saturated carbocycles. The summed E-state index contributed by atoms with van der Waals surface area (Å²) in [7, 11) is 0. The van der Waals surface area contributed by atoms with Crippen LogP contribution in [0, 0.1) is 0 Å². The van der Waals surface area contributed by atoms with Gasteiger partial charge in [-0.1, -0.05) is 42.5 Å². The van der Waals surface area contributed by atoms with E-state index in [-0.39, 0.29) is 0 Å². The minimum atomic E-state index is 0.615. The van der Waals surface area contributed by atoms with Gasteiger partial charge in [0.05, 0.1) is 0 Å². The van der Waals surface area contributed by atoms with Crippen molar-refractivity contribution in [3.8, 4) is 0 Å². The Morgan fingerprint density at radius 3 is 1.91 bits per heavy atom. The highest BCUT2D eigenvalue weighted by molar-refractivity contribution is 8.33. The summed E-state index contributed by atoms with van der Waals surface area (Å²) in [6, 6.07) is 10.1. The summed E-state index contributed by atoms with van der Waals surface area (Å²) in [6.45, 7) is 11.9. The van der Waals surface area contributed by atoms with Crippen LogP contribution in [0.2, 0.25) is 0 Å². The second-order valence-corrected chi connectivity index (χ2v) is 6.77. The first kappa shape index (κ1) is 20.1. The van der Waals surface area contributed by atoms with Crippen molar-refractivity contribution in [2.24, 2.45) is 4.99 Å². The van der Waals surface area contributed by atoms with Crippen LogP contribution in [0.15, 0.2) is 35.3 Å². The smallest absolute Gasteiger partial charge is 0.196 e. The fraction of sp³-hybridized carbons (Fsp3) is 0.471. The third-order valence-electron chi connectivity index (χ3n) is 3.46. The van der Waals surface area contributed by atoms with Crippen molar-refractivity contribution in [2.45, 2.75) is 27.7 Å². The highest BCUT2D eigenvalue weighted by Crippen LogP contribution is 2.19. The molecule has 0 amide bonds. The van der Waals surface area contributed by atoms with E-state index in [1.807, 2.05) is 30.3 Å². The molecule has 0 aliphatic rings. The zero-order chi connectivity index (χ0) is 17.2. The number of nitrogens with zero attached hydrogens (tertiary/aromatic N) is 3. The number of benzene rings is 1. The molecule has 1 rings (SSSR count). The molecule has 0 radical (unpaired) electrons. The standard InChI is InChI=1S/C17H25N3S3/c1-5-19(6-2)16(21)18-15(14-12-10-9-11-13-14)23-17(22)20(7-3)8-4/h9-13H,5-8H2,1-4H3/b18-15+. The van der Waals surface area contributed by atoms with Gasteiger partial charge in [0.15, 0.2) is 5.11 Å². The average molecular weight is 368 g/mol. The van der Waals surface area contributed by atoms with Gasteiger partial charge in [0.25, 0.3) is 0 Å². The molecular weight excluding hydrogens is 342 g/mol. The Balaban J connectivity index is 3.08.